The van der Waals surface area contributed by atoms with Crippen molar-refractivity contribution >= 4 is 12.1 Å². The van der Waals surface area contributed by atoms with Gasteiger partial charge in [-0.15, -0.1) is 0 Å². The Morgan fingerprint density at radius 3 is 2.12 bits per heavy atom. The third kappa shape index (κ3) is 7.53. The second-order valence-corrected chi connectivity index (χ2v) is 8.42. The molecule has 6 nitrogen and oxygen atoms in total. The van der Waals surface area contributed by atoms with Crippen molar-refractivity contribution in [2.24, 2.45) is 0 Å². The normalized spacial score (nSPS) is 23.3. The minimum atomic E-state index is -0.506. The van der Waals surface area contributed by atoms with Gasteiger partial charge in [-0.05, 0) is 46.5 Å². The molecule has 0 spiro atoms. The summed E-state index contributed by atoms with van der Waals surface area (Å²) in [6.45, 7) is 6.86. The van der Waals surface area contributed by atoms with Crippen LogP contribution >= 0.6 is 0 Å². The average molecular weight is 354 g/mol. The molecule has 25 heavy (non-hydrogen) atoms. The molecular weight excluding hydrogens is 318 g/mol. The zero-order valence-electron chi connectivity index (χ0n) is 16.1. The van der Waals surface area contributed by atoms with E-state index in [0.29, 0.717) is 12.6 Å². The van der Waals surface area contributed by atoms with Crippen LogP contribution in [0.2, 0.25) is 0 Å². The van der Waals surface area contributed by atoms with Gasteiger partial charge in [-0.25, -0.2) is 9.59 Å². The summed E-state index contributed by atoms with van der Waals surface area (Å²) in [6, 6.07) is 0.278. The molecule has 2 N–H and O–H groups in total. The first-order chi connectivity index (χ1) is 11.8. The molecule has 0 aromatic heterocycles. The summed E-state index contributed by atoms with van der Waals surface area (Å²) in [5.41, 5.74) is -0.506. The fraction of sp³-hybridized carbons (Fsp3) is 0.895. The summed E-state index contributed by atoms with van der Waals surface area (Å²) >= 11 is 0. The standard InChI is InChI=1S/C19H35N3O3/c1-19(2,3)25-18(24)21-16-12-9-13-22(14-16)17(23)20-15-10-7-5-4-6-8-11-15/h15-16H,4-14H2,1-3H3,(H,20,23)(H,21,24). The van der Waals surface area contributed by atoms with Crippen LogP contribution in [0.3, 0.4) is 0 Å². The number of likely N-dealkylation sites (tertiary alicyclic amines) is 1. The molecule has 3 amide bonds. The Bertz CT molecular complexity index is 440. The maximum absolute atomic E-state index is 12.6. The van der Waals surface area contributed by atoms with Gasteiger partial charge in [0.2, 0.25) is 0 Å². The first-order valence-electron chi connectivity index (χ1n) is 9.88. The zero-order valence-corrected chi connectivity index (χ0v) is 16.1. The summed E-state index contributed by atoms with van der Waals surface area (Å²) in [7, 11) is 0. The summed E-state index contributed by atoms with van der Waals surface area (Å²) in [5.74, 6) is 0. The molecule has 1 saturated carbocycles. The summed E-state index contributed by atoms with van der Waals surface area (Å²) < 4.78 is 5.31. The molecule has 1 atom stereocenters. The Hall–Kier alpha value is -1.46. The predicted molar refractivity (Wildman–Crippen MR) is 98.6 cm³/mol. The lowest BCUT2D eigenvalue weighted by Gasteiger charge is -2.34. The van der Waals surface area contributed by atoms with Crippen LogP contribution in [0.15, 0.2) is 0 Å². The van der Waals surface area contributed by atoms with Crippen LogP contribution < -0.4 is 10.6 Å². The van der Waals surface area contributed by atoms with Crippen LogP contribution in [0.4, 0.5) is 9.59 Å². The monoisotopic (exact) mass is 353 g/mol. The highest BCUT2D eigenvalue weighted by molar-refractivity contribution is 5.75. The Morgan fingerprint density at radius 2 is 1.48 bits per heavy atom. The number of carbonyl (C=O) groups excluding carboxylic acids is 2. The average Bonchev–Trinajstić information content (AvgIpc) is 2.48. The van der Waals surface area contributed by atoms with E-state index in [9.17, 15) is 9.59 Å². The Morgan fingerprint density at radius 1 is 0.880 bits per heavy atom. The van der Waals surface area contributed by atoms with Gasteiger partial charge < -0.3 is 20.3 Å². The van der Waals surface area contributed by atoms with Gasteiger partial charge >= 0.3 is 12.1 Å². The van der Waals surface area contributed by atoms with Crippen LogP contribution in [-0.4, -0.2) is 47.8 Å². The first kappa shape index (κ1) is 19.9. The van der Waals surface area contributed by atoms with Crippen molar-refractivity contribution in [3.63, 3.8) is 0 Å². The molecule has 0 radical (unpaired) electrons. The molecule has 0 aromatic carbocycles. The van der Waals surface area contributed by atoms with Gasteiger partial charge in [0.15, 0.2) is 0 Å². The van der Waals surface area contributed by atoms with Crippen LogP contribution in [0.5, 0.6) is 0 Å². The Labute approximate surface area is 152 Å². The van der Waals surface area contributed by atoms with Crippen LogP contribution in [0.25, 0.3) is 0 Å². The predicted octanol–water partition coefficient (Wildman–Crippen LogP) is 3.80. The molecule has 6 heteroatoms. The Kier molecular flexibility index (Phi) is 7.38. The minimum absolute atomic E-state index is 0.0151. The number of alkyl carbamates (subject to hydrolysis) is 1. The van der Waals surface area contributed by atoms with E-state index in [1.54, 1.807) is 0 Å². The highest BCUT2D eigenvalue weighted by atomic mass is 16.6. The minimum Gasteiger partial charge on any atom is -0.444 e. The number of carbonyl (C=O) groups is 2. The lowest BCUT2D eigenvalue weighted by atomic mass is 9.97. The molecule has 1 aliphatic heterocycles. The fourth-order valence-corrected chi connectivity index (χ4v) is 3.62. The molecule has 2 fully saturated rings. The number of rotatable bonds is 2. The molecule has 2 aliphatic rings. The van der Waals surface area contributed by atoms with Gasteiger partial charge in [-0.1, -0.05) is 32.1 Å². The van der Waals surface area contributed by atoms with Crippen molar-refractivity contribution in [2.45, 2.75) is 96.2 Å². The fourth-order valence-electron chi connectivity index (χ4n) is 3.62. The highest BCUT2D eigenvalue weighted by Gasteiger charge is 2.27. The number of nitrogens with zero attached hydrogens (tertiary/aromatic N) is 1. The van der Waals surface area contributed by atoms with Gasteiger partial charge in [0.05, 0.1) is 0 Å². The second kappa shape index (κ2) is 9.30. The molecule has 1 unspecified atom stereocenters. The van der Waals surface area contributed by atoms with Crippen LogP contribution in [0.1, 0.15) is 78.6 Å². The van der Waals surface area contributed by atoms with E-state index in [2.05, 4.69) is 10.6 Å². The number of nitrogens with one attached hydrogen (secondary N) is 2. The highest BCUT2D eigenvalue weighted by Crippen LogP contribution is 2.18. The molecule has 0 aromatic rings. The van der Waals surface area contributed by atoms with Crippen molar-refractivity contribution in [3.8, 4) is 0 Å². The van der Waals surface area contributed by atoms with Crippen molar-refractivity contribution in [1.82, 2.24) is 15.5 Å². The van der Waals surface area contributed by atoms with Crippen molar-refractivity contribution < 1.29 is 14.3 Å². The van der Waals surface area contributed by atoms with Gasteiger partial charge in [-0.3, -0.25) is 0 Å². The number of hydrogen-bond donors (Lipinski definition) is 2. The number of piperidine rings is 1. The third-order valence-corrected chi connectivity index (χ3v) is 4.86. The number of urea groups is 1. The van der Waals surface area contributed by atoms with E-state index in [-0.39, 0.29) is 12.1 Å². The smallest absolute Gasteiger partial charge is 0.407 e. The van der Waals surface area contributed by atoms with Gasteiger partial charge in [0.25, 0.3) is 0 Å². The van der Waals surface area contributed by atoms with Crippen molar-refractivity contribution in [1.29, 1.82) is 0 Å². The largest absolute Gasteiger partial charge is 0.444 e. The van der Waals surface area contributed by atoms with Crippen molar-refractivity contribution in [2.75, 3.05) is 13.1 Å². The summed E-state index contributed by atoms with van der Waals surface area (Å²) in [5, 5.41) is 6.11. The lowest BCUT2D eigenvalue weighted by molar-refractivity contribution is 0.0478. The molecule has 144 valence electrons. The van der Waals surface area contributed by atoms with Gasteiger partial charge in [0.1, 0.15) is 5.60 Å². The maximum atomic E-state index is 12.6. The van der Waals surface area contributed by atoms with E-state index in [0.717, 1.165) is 32.2 Å². The molecule has 1 saturated heterocycles. The lowest BCUT2D eigenvalue weighted by Crippen LogP contribution is -2.54. The molecule has 2 rings (SSSR count). The topological polar surface area (TPSA) is 70.7 Å². The summed E-state index contributed by atoms with van der Waals surface area (Å²) in [4.78, 5) is 26.4. The third-order valence-electron chi connectivity index (χ3n) is 4.86. The molecular formula is C19H35N3O3. The second-order valence-electron chi connectivity index (χ2n) is 8.42. The molecule has 1 aliphatic carbocycles. The van der Waals surface area contributed by atoms with Gasteiger partial charge in [0, 0.05) is 25.2 Å². The number of ether oxygens (including phenoxy) is 1. The summed E-state index contributed by atoms with van der Waals surface area (Å²) in [6.07, 6.45) is 9.82. The van der Waals surface area contributed by atoms with Crippen molar-refractivity contribution in [3.05, 3.63) is 0 Å². The molecule has 0 bridgehead atoms. The number of hydrogen-bond acceptors (Lipinski definition) is 3. The van der Waals surface area contributed by atoms with E-state index in [1.165, 1.54) is 32.1 Å². The quantitative estimate of drug-likeness (QED) is 0.793. The SMILES string of the molecule is CC(C)(C)OC(=O)NC1CCCN(C(=O)NC2CCCCCCC2)C1. The first-order valence-corrected chi connectivity index (χ1v) is 9.88. The van der Waals surface area contributed by atoms with E-state index in [1.807, 2.05) is 25.7 Å². The van der Waals surface area contributed by atoms with Crippen LogP contribution in [0, 0.1) is 0 Å². The zero-order chi connectivity index (χ0) is 18.3. The maximum Gasteiger partial charge on any atom is 0.407 e. The molecule has 1 heterocycles. The van der Waals surface area contributed by atoms with Gasteiger partial charge in [-0.2, -0.15) is 0 Å². The Balaban J connectivity index is 1.78. The van der Waals surface area contributed by atoms with Crippen LogP contribution in [-0.2, 0) is 4.74 Å². The number of amides is 3. The van der Waals surface area contributed by atoms with E-state index < -0.39 is 11.7 Å². The van der Waals surface area contributed by atoms with E-state index in [4.69, 9.17) is 4.74 Å². The van der Waals surface area contributed by atoms with E-state index >= 15 is 0 Å².